The van der Waals surface area contributed by atoms with E-state index in [-0.39, 0.29) is 5.56 Å². The normalized spacial score (nSPS) is 9.33. The molecule has 0 aliphatic carbocycles. The van der Waals surface area contributed by atoms with Crippen molar-refractivity contribution < 1.29 is 14.8 Å². The number of nitriles is 1. The van der Waals surface area contributed by atoms with Gasteiger partial charge < -0.3 is 5.11 Å². The number of carbonyl (C=O) groups is 1. The van der Waals surface area contributed by atoms with Gasteiger partial charge in [0.1, 0.15) is 16.7 Å². The molecule has 6 nitrogen and oxygen atoms in total. The summed E-state index contributed by atoms with van der Waals surface area (Å²) < 4.78 is 0. The van der Waals surface area contributed by atoms with Crippen molar-refractivity contribution in [1.29, 1.82) is 5.26 Å². The van der Waals surface area contributed by atoms with Crippen LogP contribution in [-0.4, -0.2) is 16.0 Å². The van der Waals surface area contributed by atoms with Gasteiger partial charge in [-0.1, -0.05) is 11.6 Å². The summed E-state index contributed by atoms with van der Waals surface area (Å²) in [5.41, 5.74) is -1.35. The van der Waals surface area contributed by atoms with Gasteiger partial charge in [-0.25, -0.2) is 4.79 Å². The number of rotatable bonds is 2. The molecule has 7 heteroatoms. The number of hydrogen-bond acceptors (Lipinski definition) is 4. The van der Waals surface area contributed by atoms with Crippen LogP contribution in [0.2, 0.25) is 5.02 Å². The minimum Gasteiger partial charge on any atom is -0.478 e. The molecule has 0 saturated heterocycles. The van der Waals surface area contributed by atoms with Crippen LogP contribution in [0.4, 0.5) is 5.69 Å². The SMILES string of the molecule is N#Cc1ccc(C(=O)O)c(Cl)c1[N+](=O)[O-]. The van der Waals surface area contributed by atoms with Gasteiger partial charge in [-0.15, -0.1) is 0 Å². The summed E-state index contributed by atoms with van der Waals surface area (Å²) in [7, 11) is 0. The van der Waals surface area contributed by atoms with E-state index in [1.165, 1.54) is 0 Å². The van der Waals surface area contributed by atoms with E-state index in [0.717, 1.165) is 12.1 Å². The molecule has 1 aromatic carbocycles. The molecule has 0 aromatic heterocycles. The zero-order chi connectivity index (χ0) is 11.6. The highest BCUT2D eigenvalue weighted by Gasteiger charge is 2.24. The number of nitrogens with zero attached hydrogens (tertiary/aromatic N) is 2. The fourth-order valence-corrected chi connectivity index (χ4v) is 1.31. The minimum absolute atomic E-state index is 0.269. The standard InChI is InChI=1S/C8H3ClN2O4/c9-6-5(8(12)13)2-1-4(3-10)7(6)11(14)15/h1-2H,(H,12,13). The second-order valence-electron chi connectivity index (χ2n) is 2.50. The Morgan fingerprint density at radius 1 is 1.60 bits per heavy atom. The zero-order valence-electron chi connectivity index (χ0n) is 7.10. The van der Waals surface area contributed by atoms with Crippen LogP contribution in [-0.2, 0) is 0 Å². The molecule has 0 amide bonds. The van der Waals surface area contributed by atoms with Crippen LogP contribution in [0.25, 0.3) is 0 Å². The van der Waals surface area contributed by atoms with Crippen molar-refractivity contribution >= 4 is 23.3 Å². The van der Waals surface area contributed by atoms with Crippen LogP contribution in [0.3, 0.4) is 0 Å². The van der Waals surface area contributed by atoms with Crippen LogP contribution >= 0.6 is 11.6 Å². The quantitative estimate of drug-likeness (QED) is 0.612. The Bertz CT molecular complexity index is 492. The molecule has 1 aromatic rings. The lowest BCUT2D eigenvalue weighted by molar-refractivity contribution is -0.385. The number of nitro benzene ring substituents is 1. The monoisotopic (exact) mass is 226 g/mol. The Morgan fingerprint density at radius 2 is 2.20 bits per heavy atom. The topological polar surface area (TPSA) is 104 Å². The van der Waals surface area contributed by atoms with Crippen molar-refractivity contribution in [2.24, 2.45) is 0 Å². The van der Waals surface area contributed by atoms with E-state index in [4.69, 9.17) is 22.0 Å². The predicted molar refractivity (Wildman–Crippen MR) is 49.8 cm³/mol. The van der Waals surface area contributed by atoms with Crippen LogP contribution in [0.1, 0.15) is 15.9 Å². The van der Waals surface area contributed by atoms with Gasteiger partial charge in [-0.05, 0) is 12.1 Å². The van der Waals surface area contributed by atoms with Gasteiger partial charge in [0.05, 0.1) is 10.5 Å². The summed E-state index contributed by atoms with van der Waals surface area (Å²) in [4.78, 5) is 20.3. The van der Waals surface area contributed by atoms with Crippen molar-refractivity contribution in [3.63, 3.8) is 0 Å². The number of carboxylic acids is 1. The number of halogens is 1. The third kappa shape index (κ3) is 1.87. The smallest absolute Gasteiger partial charge is 0.337 e. The molecule has 0 aliphatic heterocycles. The lowest BCUT2D eigenvalue weighted by Gasteiger charge is -2.00. The summed E-state index contributed by atoms with van der Waals surface area (Å²) in [5, 5.41) is 27.2. The van der Waals surface area contributed by atoms with Gasteiger partial charge in [0, 0.05) is 0 Å². The molecule has 0 aliphatic rings. The van der Waals surface area contributed by atoms with E-state index < -0.39 is 27.2 Å². The van der Waals surface area contributed by atoms with Crippen LogP contribution in [0, 0.1) is 21.4 Å². The van der Waals surface area contributed by atoms with E-state index in [1.807, 2.05) is 0 Å². The molecular weight excluding hydrogens is 224 g/mol. The van der Waals surface area contributed by atoms with Gasteiger partial charge in [0.2, 0.25) is 0 Å². The summed E-state index contributed by atoms with van der Waals surface area (Å²) in [6.07, 6.45) is 0. The number of nitro groups is 1. The Kier molecular flexibility index (Phi) is 2.87. The molecule has 0 atom stereocenters. The molecule has 0 unspecified atom stereocenters. The first kappa shape index (κ1) is 10.9. The maximum atomic E-state index is 10.6. The Labute approximate surface area is 88.5 Å². The van der Waals surface area contributed by atoms with Crippen molar-refractivity contribution in [2.75, 3.05) is 0 Å². The third-order valence-corrected chi connectivity index (χ3v) is 2.03. The lowest BCUT2D eigenvalue weighted by atomic mass is 10.1. The molecule has 1 rings (SSSR count). The summed E-state index contributed by atoms with van der Waals surface area (Å²) in [5.74, 6) is -1.38. The molecule has 0 bridgehead atoms. The highest BCUT2D eigenvalue weighted by Crippen LogP contribution is 2.31. The summed E-state index contributed by atoms with van der Waals surface area (Å²) >= 11 is 5.51. The Hall–Kier alpha value is -2.13. The Balaban J connectivity index is 3.58. The fraction of sp³-hybridized carbons (Fsp3) is 0. The number of aromatic carboxylic acids is 1. The van der Waals surface area contributed by atoms with Gasteiger partial charge in [0.25, 0.3) is 0 Å². The highest BCUT2D eigenvalue weighted by molar-refractivity contribution is 6.35. The van der Waals surface area contributed by atoms with Crippen molar-refractivity contribution in [3.05, 3.63) is 38.4 Å². The van der Waals surface area contributed by atoms with E-state index in [0.29, 0.717) is 0 Å². The highest BCUT2D eigenvalue weighted by atomic mass is 35.5. The largest absolute Gasteiger partial charge is 0.478 e. The third-order valence-electron chi connectivity index (χ3n) is 1.65. The maximum Gasteiger partial charge on any atom is 0.337 e. The van der Waals surface area contributed by atoms with E-state index in [1.54, 1.807) is 6.07 Å². The van der Waals surface area contributed by atoms with E-state index >= 15 is 0 Å². The Morgan fingerprint density at radius 3 is 2.60 bits per heavy atom. The van der Waals surface area contributed by atoms with Gasteiger partial charge in [-0.3, -0.25) is 10.1 Å². The second kappa shape index (κ2) is 3.94. The van der Waals surface area contributed by atoms with Crippen molar-refractivity contribution in [2.45, 2.75) is 0 Å². The van der Waals surface area contributed by atoms with Crippen molar-refractivity contribution in [3.8, 4) is 6.07 Å². The van der Waals surface area contributed by atoms with Crippen LogP contribution < -0.4 is 0 Å². The molecule has 1 N–H and O–H groups in total. The average Bonchev–Trinajstić information content (AvgIpc) is 2.15. The molecule has 0 spiro atoms. The zero-order valence-corrected chi connectivity index (χ0v) is 7.85. The maximum absolute atomic E-state index is 10.6. The van der Waals surface area contributed by atoms with Gasteiger partial charge >= 0.3 is 11.7 Å². The van der Waals surface area contributed by atoms with Crippen molar-refractivity contribution in [1.82, 2.24) is 0 Å². The van der Waals surface area contributed by atoms with E-state index in [2.05, 4.69) is 0 Å². The molecular formula is C8H3ClN2O4. The first-order valence-electron chi connectivity index (χ1n) is 3.59. The van der Waals surface area contributed by atoms with Crippen LogP contribution in [0.15, 0.2) is 12.1 Å². The molecule has 0 heterocycles. The molecule has 0 saturated carbocycles. The van der Waals surface area contributed by atoms with Crippen LogP contribution in [0.5, 0.6) is 0 Å². The van der Waals surface area contributed by atoms with Gasteiger partial charge in [0.15, 0.2) is 0 Å². The first-order chi connectivity index (χ1) is 6.99. The average molecular weight is 227 g/mol. The predicted octanol–water partition coefficient (Wildman–Crippen LogP) is 1.82. The lowest BCUT2D eigenvalue weighted by Crippen LogP contribution is -2.02. The number of carboxylic acid groups (broad SMARTS) is 1. The van der Waals surface area contributed by atoms with E-state index in [9.17, 15) is 14.9 Å². The first-order valence-corrected chi connectivity index (χ1v) is 3.97. The number of hydrogen-bond donors (Lipinski definition) is 1. The summed E-state index contributed by atoms with van der Waals surface area (Å²) in [6, 6.07) is 3.67. The second-order valence-corrected chi connectivity index (χ2v) is 2.88. The van der Waals surface area contributed by atoms with Gasteiger partial charge in [-0.2, -0.15) is 5.26 Å². The fourth-order valence-electron chi connectivity index (χ4n) is 0.998. The minimum atomic E-state index is -1.38. The molecule has 76 valence electrons. The molecule has 15 heavy (non-hydrogen) atoms. The molecule has 0 radical (unpaired) electrons. The summed E-state index contributed by atoms with van der Waals surface area (Å²) in [6.45, 7) is 0. The number of benzene rings is 1. The molecule has 0 fully saturated rings.